The number of aromatic nitrogens is 4. The monoisotopic (exact) mass is 340 g/mol. The van der Waals surface area contributed by atoms with E-state index in [0.717, 1.165) is 5.56 Å². The second-order valence-corrected chi connectivity index (χ2v) is 6.50. The number of anilines is 2. The van der Waals surface area contributed by atoms with Crippen LogP contribution in [0.4, 0.5) is 11.6 Å². The van der Waals surface area contributed by atoms with Gasteiger partial charge in [0, 0.05) is 12.4 Å². The van der Waals surface area contributed by atoms with Crippen molar-refractivity contribution in [3.63, 3.8) is 0 Å². The molecule has 0 bridgehead atoms. The van der Waals surface area contributed by atoms with Crippen molar-refractivity contribution in [3.05, 3.63) is 41.9 Å². The first-order valence-corrected chi connectivity index (χ1v) is 7.85. The lowest BCUT2D eigenvalue weighted by Gasteiger charge is -2.23. The smallest absolute Gasteiger partial charge is 0.255 e. The Morgan fingerprint density at radius 1 is 1.24 bits per heavy atom. The molecule has 3 aromatic heterocycles. The van der Waals surface area contributed by atoms with E-state index in [9.17, 15) is 9.90 Å². The molecule has 0 fully saturated rings. The quantitative estimate of drug-likeness (QED) is 0.564. The van der Waals surface area contributed by atoms with Gasteiger partial charge in [-0.1, -0.05) is 6.07 Å². The number of pyridine rings is 1. The predicted molar refractivity (Wildman–Crippen MR) is 94.8 cm³/mol. The van der Waals surface area contributed by atoms with Crippen LogP contribution in [0, 0.1) is 6.92 Å². The Bertz CT molecular complexity index is 901. The molecular formula is C17H20N6O2. The standard InChI is InChI=1S/C17H20N6O2/c1-10-4-5-12(18-6-10)21-13-8-20-15-14(22-13)11(7-19-15)16(25)23-17(2,3)9-24/h4-8,24H,9H2,1-3H3,(H,19,20)(H,23,25)(H,18,21,22). The predicted octanol–water partition coefficient (Wildman–Crippen LogP) is 1.91. The number of nitrogens with zero attached hydrogens (tertiary/aromatic N) is 3. The largest absolute Gasteiger partial charge is 0.394 e. The Morgan fingerprint density at radius 3 is 2.72 bits per heavy atom. The third-order valence-electron chi connectivity index (χ3n) is 3.64. The van der Waals surface area contributed by atoms with Gasteiger partial charge in [0.25, 0.3) is 5.91 Å². The number of aliphatic hydroxyl groups excluding tert-OH is 1. The number of carbonyl (C=O) groups is 1. The Hall–Kier alpha value is -3.00. The molecule has 0 saturated carbocycles. The maximum atomic E-state index is 12.5. The topological polar surface area (TPSA) is 116 Å². The molecule has 0 aliphatic carbocycles. The molecule has 0 radical (unpaired) electrons. The van der Waals surface area contributed by atoms with E-state index < -0.39 is 5.54 Å². The highest BCUT2D eigenvalue weighted by Crippen LogP contribution is 2.19. The van der Waals surface area contributed by atoms with Crippen molar-refractivity contribution in [3.8, 4) is 0 Å². The molecule has 0 atom stereocenters. The molecule has 130 valence electrons. The highest BCUT2D eigenvalue weighted by molar-refractivity contribution is 6.05. The van der Waals surface area contributed by atoms with Crippen molar-refractivity contribution >= 4 is 28.7 Å². The van der Waals surface area contributed by atoms with E-state index in [-0.39, 0.29) is 12.5 Å². The second kappa shape index (κ2) is 6.48. The van der Waals surface area contributed by atoms with Crippen LogP contribution in [0.25, 0.3) is 11.2 Å². The van der Waals surface area contributed by atoms with E-state index in [1.54, 1.807) is 32.4 Å². The minimum Gasteiger partial charge on any atom is -0.394 e. The first-order valence-electron chi connectivity index (χ1n) is 7.85. The third-order valence-corrected chi connectivity index (χ3v) is 3.64. The van der Waals surface area contributed by atoms with Gasteiger partial charge in [0.1, 0.15) is 11.3 Å². The first-order chi connectivity index (χ1) is 11.9. The van der Waals surface area contributed by atoms with Crippen LogP contribution in [0.5, 0.6) is 0 Å². The van der Waals surface area contributed by atoms with E-state index in [0.29, 0.717) is 28.4 Å². The van der Waals surface area contributed by atoms with E-state index >= 15 is 0 Å². The van der Waals surface area contributed by atoms with Crippen molar-refractivity contribution in [2.45, 2.75) is 26.3 Å². The summed E-state index contributed by atoms with van der Waals surface area (Å²) in [7, 11) is 0. The zero-order valence-corrected chi connectivity index (χ0v) is 14.3. The molecule has 0 aliphatic heterocycles. The number of nitrogens with one attached hydrogen (secondary N) is 3. The van der Waals surface area contributed by atoms with Crippen molar-refractivity contribution in [1.82, 2.24) is 25.3 Å². The summed E-state index contributed by atoms with van der Waals surface area (Å²) in [5, 5.41) is 15.1. The van der Waals surface area contributed by atoms with Crippen LogP contribution in [0.2, 0.25) is 0 Å². The van der Waals surface area contributed by atoms with E-state index in [2.05, 4.69) is 30.6 Å². The average molecular weight is 340 g/mol. The highest BCUT2D eigenvalue weighted by Gasteiger charge is 2.22. The van der Waals surface area contributed by atoms with Gasteiger partial charge in [0.2, 0.25) is 0 Å². The van der Waals surface area contributed by atoms with Gasteiger partial charge in [-0.2, -0.15) is 0 Å². The molecule has 3 heterocycles. The summed E-state index contributed by atoms with van der Waals surface area (Å²) in [4.78, 5) is 28.4. The maximum absolute atomic E-state index is 12.5. The van der Waals surface area contributed by atoms with Gasteiger partial charge in [-0.25, -0.2) is 15.0 Å². The van der Waals surface area contributed by atoms with Gasteiger partial charge >= 0.3 is 0 Å². The summed E-state index contributed by atoms with van der Waals surface area (Å²) in [6.07, 6.45) is 4.88. The number of rotatable bonds is 5. The summed E-state index contributed by atoms with van der Waals surface area (Å²) in [6, 6.07) is 3.78. The number of aryl methyl sites for hydroxylation is 1. The number of aliphatic hydroxyl groups is 1. The van der Waals surface area contributed by atoms with E-state index in [4.69, 9.17) is 0 Å². The first kappa shape index (κ1) is 16.8. The number of amides is 1. The number of hydrogen-bond donors (Lipinski definition) is 4. The Balaban J connectivity index is 1.89. The lowest BCUT2D eigenvalue weighted by Crippen LogP contribution is -2.46. The van der Waals surface area contributed by atoms with Crippen LogP contribution >= 0.6 is 0 Å². The van der Waals surface area contributed by atoms with Crippen molar-refractivity contribution in [1.29, 1.82) is 0 Å². The maximum Gasteiger partial charge on any atom is 0.255 e. The van der Waals surface area contributed by atoms with Crippen LogP contribution in [-0.4, -0.2) is 43.1 Å². The minimum absolute atomic E-state index is 0.168. The SMILES string of the molecule is Cc1ccc(Nc2cnc3[nH]cc(C(=O)NC(C)(C)CO)c3n2)nc1. The minimum atomic E-state index is -0.726. The highest BCUT2D eigenvalue weighted by atomic mass is 16.3. The molecule has 8 nitrogen and oxygen atoms in total. The summed E-state index contributed by atoms with van der Waals surface area (Å²) < 4.78 is 0. The third kappa shape index (κ3) is 3.74. The van der Waals surface area contributed by atoms with Gasteiger partial charge in [-0.15, -0.1) is 0 Å². The summed E-state index contributed by atoms with van der Waals surface area (Å²) in [5.41, 5.74) is 1.65. The Morgan fingerprint density at radius 2 is 2.04 bits per heavy atom. The van der Waals surface area contributed by atoms with Gasteiger partial charge in [-0.3, -0.25) is 4.79 Å². The van der Waals surface area contributed by atoms with E-state index in [1.165, 1.54) is 0 Å². The molecule has 0 aliphatic rings. The van der Waals surface area contributed by atoms with Crippen LogP contribution in [0.15, 0.2) is 30.7 Å². The summed E-state index contributed by atoms with van der Waals surface area (Å²) >= 11 is 0. The van der Waals surface area contributed by atoms with Gasteiger partial charge in [0.05, 0.1) is 23.9 Å². The van der Waals surface area contributed by atoms with Crippen molar-refractivity contribution in [2.24, 2.45) is 0 Å². The van der Waals surface area contributed by atoms with Gasteiger partial charge in [-0.05, 0) is 32.4 Å². The number of hydrogen-bond acceptors (Lipinski definition) is 6. The lowest BCUT2D eigenvalue weighted by molar-refractivity contribution is 0.0871. The fourth-order valence-corrected chi connectivity index (χ4v) is 2.21. The lowest BCUT2D eigenvalue weighted by atomic mass is 10.1. The van der Waals surface area contributed by atoms with Gasteiger partial charge in [0.15, 0.2) is 11.5 Å². The normalized spacial score (nSPS) is 11.5. The molecule has 3 aromatic rings. The number of H-pyrrole nitrogens is 1. The molecule has 3 rings (SSSR count). The molecule has 1 amide bonds. The number of fused-ring (bicyclic) bond motifs is 1. The molecule has 0 unspecified atom stereocenters. The van der Waals surface area contributed by atoms with Crippen molar-refractivity contribution in [2.75, 3.05) is 11.9 Å². The number of aromatic amines is 1. The van der Waals surface area contributed by atoms with Crippen molar-refractivity contribution < 1.29 is 9.90 Å². The molecular weight excluding hydrogens is 320 g/mol. The molecule has 0 aromatic carbocycles. The molecule has 8 heteroatoms. The molecule has 0 spiro atoms. The summed E-state index contributed by atoms with van der Waals surface area (Å²) in [6.45, 7) is 5.27. The molecule has 25 heavy (non-hydrogen) atoms. The molecule has 4 N–H and O–H groups in total. The van der Waals surface area contributed by atoms with Crippen LogP contribution in [0.3, 0.4) is 0 Å². The Labute approximate surface area is 144 Å². The average Bonchev–Trinajstić information content (AvgIpc) is 3.00. The van der Waals surface area contributed by atoms with Gasteiger partial charge < -0.3 is 20.7 Å². The number of carbonyl (C=O) groups excluding carboxylic acids is 1. The molecule has 0 saturated heterocycles. The van der Waals surface area contributed by atoms with Crippen LogP contribution in [0.1, 0.15) is 29.8 Å². The summed E-state index contributed by atoms with van der Waals surface area (Å²) in [5.74, 6) is 0.798. The zero-order valence-electron chi connectivity index (χ0n) is 14.3. The Kier molecular flexibility index (Phi) is 4.37. The zero-order chi connectivity index (χ0) is 18.0. The fourth-order valence-electron chi connectivity index (χ4n) is 2.21. The second-order valence-electron chi connectivity index (χ2n) is 6.50. The fraction of sp³-hybridized carbons (Fsp3) is 0.294. The van der Waals surface area contributed by atoms with E-state index in [1.807, 2.05) is 19.1 Å². The van der Waals surface area contributed by atoms with Crippen LogP contribution in [-0.2, 0) is 0 Å². The van der Waals surface area contributed by atoms with Crippen LogP contribution < -0.4 is 10.6 Å².